The molecule has 6 heteroatoms. The number of rotatable bonds is 3. The van der Waals surface area contributed by atoms with E-state index in [1.165, 1.54) is 6.42 Å². The summed E-state index contributed by atoms with van der Waals surface area (Å²) in [5, 5.41) is 13.2. The molecule has 28 heavy (non-hydrogen) atoms. The van der Waals surface area contributed by atoms with Crippen LogP contribution in [-0.4, -0.2) is 33.9 Å². The van der Waals surface area contributed by atoms with Crippen LogP contribution in [0.2, 0.25) is 0 Å². The molecule has 3 aromatic rings. The molecule has 0 radical (unpaired) electrons. The van der Waals surface area contributed by atoms with Gasteiger partial charge in [0.15, 0.2) is 5.65 Å². The molecule has 1 N–H and O–H groups in total. The molecular formula is C22H21N5O. The van der Waals surface area contributed by atoms with E-state index in [0.717, 1.165) is 42.7 Å². The lowest BCUT2D eigenvalue weighted by Crippen LogP contribution is -2.36. The Morgan fingerprint density at radius 1 is 1.11 bits per heavy atom. The minimum atomic E-state index is -0.00850. The fourth-order valence-corrected chi connectivity index (χ4v) is 3.51. The molecule has 4 rings (SSSR count). The number of hydrogen-bond donors (Lipinski definition) is 1. The maximum Gasteiger partial charge on any atom is 0.257 e. The van der Waals surface area contributed by atoms with E-state index in [2.05, 4.69) is 21.4 Å². The molecule has 1 saturated heterocycles. The Morgan fingerprint density at radius 2 is 1.86 bits per heavy atom. The van der Waals surface area contributed by atoms with E-state index < -0.39 is 0 Å². The second kappa shape index (κ2) is 7.65. The summed E-state index contributed by atoms with van der Waals surface area (Å²) in [7, 11) is 0. The minimum absolute atomic E-state index is 0.00850. The number of anilines is 2. The van der Waals surface area contributed by atoms with E-state index in [1.807, 2.05) is 36.1 Å². The maximum absolute atomic E-state index is 13.2. The standard InChI is InChI=1S/C22H21N5O/c1-15-5-10-18-20(26-17-8-6-16(13-23)7-9-17)19(14-24-21(18)25-15)22(28)27-11-3-2-4-12-27/h5-10,14H,2-4,11-12H2,1H3,(H,24,25,26). The first-order valence-corrected chi connectivity index (χ1v) is 9.48. The Bertz CT molecular complexity index is 1060. The van der Waals surface area contributed by atoms with Crippen molar-refractivity contribution in [2.45, 2.75) is 26.2 Å². The summed E-state index contributed by atoms with van der Waals surface area (Å²) in [5.41, 5.74) is 4.12. The van der Waals surface area contributed by atoms with Crippen LogP contribution in [-0.2, 0) is 0 Å². The molecule has 0 aliphatic carbocycles. The van der Waals surface area contributed by atoms with E-state index in [0.29, 0.717) is 22.5 Å². The maximum atomic E-state index is 13.2. The van der Waals surface area contributed by atoms with Crippen molar-refractivity contribution in [1.82, 2.24) is 14.9 Å². The third-order valence-electron chi connectivity index (χ3n) is 5.03. The van der Waals surface area contributed by atoms with Crippen molar-refractivity contribution in [3.63, 3.8) is 0 Å². The van der Waals surface area contributed by atoms with Crippen LogP contribution in [0.5, 0.6) is 0 Å². The van der Waals surface area contributed by atoms with Gasteiger partial charge in [0, 0.05) is 36.1 Å². The van der Waals surface area contributed by atoms with Crippen LogP contribution in [0.25, 0.3) is 11.0 Å². The van der Waals surface area contributed by atoms with Crippen LogP contribution < -0.4 is 5.32 Å². The summed E-state index contributed by atoms with van der Waals surface area (Å²) >= 11 is 0. The molecule has 3 heterocycles. The lowest BCUT2D eigenvalue weighted by Gasteiger charge is -2.27. The number of aromatic nitrogens is 2. The molecule has 1 aliphatic rings. The number of carbonyl (C=O) groups is 1. The number of nitriles is 1. The Kier molecular flexibility index (Phi) is 4.90. The quantitative estimate of drug-likeness (QED) is 0.747. The lowest BCUT2D eigenvalue weighted by molar-refractivity contribution is 0.0725. The first-order valence-electron chi connectivity index (χ1n) is 9.48. The molecule has 1 aliphatic heterocycles. The van der Waals surface area contributed by atoms with Gasteiger partial charge < -0.3 is 10.2 Å². The number of nitrogens with zero attached hydrogens (tertiary/aromatic N) is 4. The Balaban J connectivity index is 1.79. The van der Waals surface area contributed by atoms with E-state index in [4.69, 9.17) is 5.26 Å². The highest BCUT2D eigenvalue weighted by atomic mass is 16.2. The first kappa shape index (κ1) is 17.9. The third-order valence-corrected chi connectivity index (χ3v) is 5.03. The van der Waals surface area contributed by atoms with Gasteiger partial charge in [-0.3, -0.25) is 4.79 Å². The SMILES string of the molecule is Cc1ccc2c(Nc3ccc(C#N)cc3)c(C(=O)N3CCCCC3)cnc2n1. The van der Waals surface area contributed by atoms with Crippen molar-refractivity contribution < 1.29 is 4.79 Å². The van der Waals surface area contributed by atoms with E-state index in [9.17, 15) is 4.79 Å². The van der Waals surface area contributed by atoms with Gasteiger partial charge in [0.05, 0.1) is 22.9 Å². The third kappa shape index (κ3) is 3.52. The highest BCUT2D eigenvalue weighted by Crippen LogP contribution is 2.30. The van der Waals surface area contributed by atoms with Crippen molar-refractivity contribution >= 4 is 28.3 Å². The zero-order chi connectivity index (χ0) is 19.5. The molecular weight excluding hydrogens is 350 g/mol. The largest absolute Gasteiger partial charge is 0.354 e. The lowest BCUT2D eigenvalue weighted by atomic mass is 10.1. The van der Waals surface area contributed by atoms with Crippen LogP contribution in [0.1, 0.15) is 40.9 Å². The van der Waals surface area contributed by atoms with Crippen molar-refractivity contribution in [3.05, 3.63) is 59.4 Å². The van der Waals surface area contributed by atoms with Crippen LogP contribution in [0.3, 0.4) is 0 Å². The molecule has 140 valence electrons. The topological polar surface area (TPSA) is 81.9 Å². The monoisotopic (exact) mass is 371 g/mol. The van der Waals surface area contributed by atoms with Crippen LogP contribution in [0.15, 0.2) is 42.6 Å². The van der Waals surface area contributed by atoms with Crippen molar-refractivity contribution in [3.8, 4) is 6.07 Å². The molecule has 0 spiro atoms. The summed E-state index contributed by atoms with van der Waals surface area (Å²) < 4.78 is 0. The second-order valence-electron chi connectivity index (χ2n) is 7.04. The van der Waals surface area contributed by atoms with Gasteiger partial charge in [-0.15, -0.1) is 0 Å². The molecule has 1 aromatic carbocycles. The van der Waals surface area contributed by atoms with E-state index >= 15 is 0 Å². The molecule has 6 nitrogen and oxygen atoms in total. The minimum Gasteiger partial charge on any atom is -0.354 e. The number of likely N-dealkylation sites (tertiary alicyclic amines) is 1. The number of piperidine rings is 1. The molecule has 0 unspecified atom stereocenters. The number of hydrogen-bond acceptors (Lipinski definition) is 5. The van der Waals surface area contributed by atoms with Crippen molar-refractivity contribution in [2.24, 2.45) is 0 Å². The van der Waals surface area contributed by atoms with Gasteiger partial charge in [-0.25, -0.2) is 9.97 Å². The van der Waals surface area contributed by atoms with Crippen LogP contribution in [0.4, 0.5) is 11.4 Å². The number of pyridine rings is 2. The van der Waals surface area contributed by atoms with Crippen molar-refractivity contribution in [2.75, 3.05) is 18.4 Å². The van der Waals surface area contributed by atoms with Crippen molar-refractivity contribution in [1.29, 1.82) is 5.26 Å². The Hall–Kier alpha value is -3.46. The molecule has 0 bridgehead atoms. The Labute approximate surface area is 163 Å². The fraction of sp³-hybridized carbons (Fsp3) is 0.273. The number of aryl methyl sites for hydroxylation is 1. The van der Waals surface area contributed by atoms with E-state index in [1.54, 1.807) is 18.3 Å². The molecule has 1 fully saturated rings. The van der Waals surface area contributed by atoms with Crippen LogP contribution >= 0.6 is 0 Å². The Morgan fingerprint density at radius 3 is 2.57 bits per heavy atom. The van der Waals surface area contributed by atoms with Gasteiger partial charge in [-0.1, -0.05) is 0 Å². The number of nitrogens with one attached hydrogen (secondary N) is 1. The fourth-order valence-electron chi connectivity index (χ4n) is 3.51. The summed E-state index contributed by atoms with van der Waals surface area (Å²) in [6, 6.07) is 13.2. The summed E-state index contributed by atoms with van der Waals surface area (Å²) in [4.78, 5) is 24.1. The average Bonchev–Trinajstić information content (AvgIpc) is 2.74. The highest BCUT2D eigenvalue weighted by molar-refractivity contribution is 6.07. The van der Waals surface area contributed by atoms with Crippen LogP contribution in [0, 0.1) is 18.3 Å². The number of amides is 1. The molecule has 1 amide bonds. The van der Waals surface area contributed by atoms with Gasteiger partial charge in [0.1, 0.15) is 0 Å². The first-order chi connectivity index (χ1) is 13.7. The summed E-state index contributed by atoms with van der Waals surface area (Å²) in [6.07, 6.45) is 4.86. The molecule has 0 atom stereocenters. The zero-order valence-corrected chi connectivity index (χ0v) is 15.8. The number of benzene rings is 1. The van der Waals surface area contributed by atoms with Gasteiger partial charge in [0.25, 0.3) is 5.91 Å². The van der Waals surface area contributed by atoms with E-state index in [-0.39, 0.29) is 5.91 Å². The van der Waals surface area contributed by atoms with Gasteiger partial charge in [0.2, 0.25) is 0 Å². The molecule has 2 aromatic heterocycles. The predicted molar refractivity (Wildman–Crippen MR) is 108 cm³/mol. The van der Waals surface area contributed by atoms with Gasteiger partial charge in [-0.2, -0.15) is 5.26 Å². The second-order valence-corrected chi connectivity index (χ2v) is 7.04. The smallest absolute Gasteiger partial charge is 0.257 e. The molecule has 0 saturated carbocycles. The average molecular weight is 371 g/mol. The predicted octanol–water partition coefficient (Wildman–Crippen LogP) is 4.18. The number of fused-ring (bicyclic) bond motifs is 1. The van der Waals surface area contributed by atoms with Gasteiger partial charge in [-0.05, 0) is 62.6 Å². The zero-order valence-electron chi connectivity index (χ0n) is 15.8. The number of carbonyl (C=O) groups excluding carboxylic acids is 1. The highest BCUT2D eigenvalue weighted by Gasteiger charge is 2.23. The normalized spacial score (nSPS) is 13.9. The summed E-state index contributed by atoms with van der Waals surface area (Å²) in [5.74, 6) is -0.00850. The van der Waals surface area contributed by atoms with Gasteiger partial charge >= 0.3 is 0 Å². The summed E-state index contributed by atoms with van der Waals surface area (Å²) in [6.45, 7) is 3.47.